The predicted octanol–water partition coefficient (Wildman–Crippen LogP) is 2.35. The highest BCUT2D eigenvalue weighted by Crippen LogP contribution is 2.12. The van der Waals surface area contributed by atoms with E-state index >= 15 is 0 Å². The van der Waals surface area contributed by atoms with Crippen LogP contribution in [-0.2, 0) is 0 Å². The molecule has 0 saturated carbocycles. The van der Waals surface area contributed by atoms with Gasteiger partial charge in [-0.2, -0.15) is 5.26 Å². The molecule has 2 nitrogen and oxygen atoms in total. The van der Waals surface area contributed by atoms with Gasteiger partial charge in [-0.15, -0.1) is 0 Å². The van der Waals surface area contributed by atoms with Crippen LogP contribution >= 0.6 is 27.5 Å². The Kier molecular flexibility index (Phi) is 3.76. The van der Waals surface area contributed by atoms with Crippen molar-refractivity contribution in [1.29, 1.82) is 5.26 Å². The molecule has 1 rings (SSSR count). The average Bonchev–Trinajstić information content (AvgIpc) is 2.17. The van der Waals surface area contributed by atoms with E-state index in [-0.39, 0.29) is 0 Å². The number of alkyl halides is 1. The summed E-state index contributed by atoms with van der Waals surface area (Å²) < 4.78 is 0. The smallest absolute Gasteiger partial charge is 0.144 e. The molecule has 0 aromatic carbocycles. The Labute approximate surface area is 89.7 Å². The summed E-state index contributed by atoms with van der Waals surface area (Å²) in [5.41, 5.74) is 1.04. The summed E-state index contributed by atoms with van der Waals surface area (Å²) in [5, 5.41) is 9.48. The first-order valence-corrected chi connectivity index (χ1v) is 4.88. The van der Waals surface area contributed by atoms with Crippen LogP contribution in [0.2, 0.25) is 5.15 Å². The molecule has 0 spiro atoms. The molecule has 0 fully saturated rings. The first-order valence-electron chi connectivity index (χ1n) is 3.38. The lowest BCUT2D eigenvalue weighted by Gasteiger charge is -1.93. The third-order valence-corrected chi connectivity index (χ3v) is 1.84. The summed E-state index contributed by atoms with van der Waals surface area (Å²) in [5.74, 6) is 5.58. The lowest BCUT2D eigenvalue weighted by Crippen LogP contribution is -1.85. The minimum Gasteiger partial charge on any atom is -0.242 e. The van der Waals surface area contributed by atoms with Crippen LogP contribution in [0.1, 0.15) is 11.1 Å². The summed E-state index contributed by atoms with van der Waals surface area (Å²) in [6.45, 7) is 0. The van der Waals surface area contributed by atoms with Crippen molar-refractivity contribution in [2.45, 2.75) is 0 Å². The lowest BCUT2D eigenvalue weighted by molar-refractivity contribution is 1.29. The van der Waals surface area contributed by atoms with Crippen molar-refractivity contribution >= 4 is 27.5 Å². The molecular weight excluding hydrogens is 251 g/mol. The van der Waals surface area contributed by atoms with Gasteiger partial charge in [-0.1, -0.05) is 39.4 Å². The standard InChI is InChI=1S/C9H4BrClN2/c10-3-1-2-8-4-7(5-12)6-13-9(8)11/h4,6H,3H2. The Morgan fingerprint density at radius 2 is 2.38 bits per heavy atom. The Morgan fingerprint density at radius 1 is 1.62 bits per heavy atom. The van der Waals surface area contributed by atoms with Crippen molar-refractivity contribution in [3.63, 3.8) is 0 Å². The largest absolute Gasteiger partial charge is 0.242 e. The molecule has 0 radical (unpaired) electrons. The van der Waals surface area contributed by atoms with E-state index in [0.29, 0.717) is 21.6 Å². The second-order valence-corrected chi connectivity index (χ2v) is 3.03. The van der Waals surface area contributed by atoms with Gasteiger partial charge in [-0.05, 0) is 6.07 Å². The maximum Gasteiger partial charge on any atom is 0.144 e. The molecule has 13 heavy (non-hydrogen) atoms. The number of halogens is 2. The Hall–Kier alpha value is -1.03. The molecule has 0 bridgehead atoms. The van der Waals surface area contributed by atoms with Crippen molar-refractivity contribution in [1.82, 2.24) is 4.98 Å². The molecule has 0 amide bonds. The van der Waals surface area contributed by atoms with Crippen molar-refractivity contribution in [3.05, 3.63) is 28.5 Å². The van der Waals surface area contributed by atoms with Crippen LogP contribution in [0.4, 0.5) is 0 Å². The molecule has 0 aliphatic rings. The molecular formula is C9H4BrClN2. The van der Waals surface area contributed by atoms with Crippen LogP contribution in [0.25, 0.3) is 0 Å². The van der Waals surface area contributed by atoms with E-state index < -0.39 is 0 Å². The maximum atomic E-state index is 8.59. The molecule has 0 saturated heterocycles. The lowest BCUT2D eigenvalue weighted by atomic mass is 10.2. The number of hydrogen-bond donors (Lipinski definition) is 0. The SMILES string of the molecule is N#Cc1cnc(Cl)c(C#CCBr)c1. The fourth-order valence-electron chi connectivity index (χ4n) is 0.726. The number of rotatable bonds is 0. The monoisotopic (exact) mass is 254 g/mol. The first kappa shape index (κ1) is 10.1. The van der Waals surface area contributed by atoms with Crippen molar-refractivity contribution in [2.24, 2.45) is 0 Å². The van der Waals surface area contributed by atoms with Gasteiger partial charge < -0.3 is 0 Å². The summed E-state index contributed by atoms with van der Waals surface area (Å²) in [6, 6.07) is 3.59. The fraction of sp³-hybridized carbons (Fsp3) is 0.111. The number of aromatic nitrogens is 1. The van der Waals surface area contributed by atoms with Gasteiger partial charge in [-0.3, -0.25) is 0 Å². The molecule has 0 aliphatic carbocycles. The van der Waals surface area contributed by atoms with Gasteiger partial charge in [0.15, 0.2) is 0 Å². The zero-order valence-corrected chi connectivity index (χ0v) is 8.85. The summed E-state index contributed by atoms with van der Waals surface area (Å²) in [6.07, 6.45) is 1.42. The van der Waals surface area contributed by atoms with Gasteiger partial charge in [-0.25, -0.2) is 4.98 Å². The fourth-order valence-corrected chi connectivity index (χ4v) is 1.02. The molecule has 0 aliphatic heterocycles. The van der Waals surface area contributed by atoms with E-state index in [0.717, 1.165) is 0 Å². The second kappa shape index (κ2) is 4.87. The van der Waals surface area contributed by atoms with Gasteiger partial charge in [0.1, 0.15) is 11.2 Å². The summed E-state index contributed by atoms with van der Waals surface area (Å²) >= 11 is 8.92. The highest BCUT2D eigenvalue weighted by Gasteiger charge is 1.99. The molecule has 1 heterocycles. The van der Waals surface area contributed by atoms with E-state index in [1.165, 1.54) is 6.20 Å². The Bertz CT molecular complexity index is 412. The zero-order chi connectivity index (χ0) is 9.68. The van der Waals surface area contributed by atoms with Crippen LogP contribution in [-0.4, -0.2) is 10.3 Å². The zero-order valence-electron chi connectivity index (χ0n) is 6.51. The predicted molar refractivity (Wildman–Crippen MR) is 54.6 cm³/mol. The molecule has 1 aromatic heterocycles. The number of nitrogens with zero attached hydrogens (tertiary/aromatic N) is 2. The Morgan fingerprint density at radius 3 is 3.00 bits per heavy atom. The van der Waals surface area contributed by atoms with E-state index in [9.17, 15) is 0 Å². The number of pyridine rings is 1. The summed E-state index contributed by atoms with van der Waals surface area (Å²) in [4.78, 5) is 3.83. The van der Waals surface area contributed by atoms with Gasteiger partial charge in [0.25, 0.3) is 0 Å². The molecule has 64 valence electrons. The van der Waals surface area contributed by atoms with Gasteiger partial charge in [0.2, 0.25) is 0 Å². The van der Waals surface area contributed by atoms with Crippen LogP contribution in [0, 0.1) is 23.2 Å². The van der Waals surface area contributed by atoms with Gasteiger partial charge in [0, 0.05) is 6.20 Å². The number of hydrogen-bond acceptors (Lipinski definition) is 2. The average molecular weight is 256 g/mol. The van der Waals surface area contributed by atoms with E-state index in [4.69, 9.17) is 16.9 Å². The first-order chi connectivity index (χ1) is 6.27. The summed E-state index contributed by atoms with van der Waals surface area (Å²) in [7, 11) is 0. The van der Waals surface area contributed by atoms with Gasteiger partial charge >= 0.3 is 0 Å². The highest BCUT2D eigenvalue weighted by molar-refractivity contribution is 9.09. The molecule has 4 heteroatoms. The topological polar surface area (TPSA) is 36.7 Å². The van der Waals surface area contributed by atoms with Crippen molar-refractivity contribution in [3.8, 4) is 17.9 Å². The number of nitriles is 1. The van der Waals surface area contributed by atoms with Crippen molar-refractivity contribution < 1.29 is 0 Å². The van der Waals surface area contributed by atoms with Crippen LogP contribution < -0.4 is 0 Å². The molecule has 1 aromatic rings. The normalized spacial score (nSPS) is 8.38. The quantitative estimate of drug-likeness (QED) is 0.405. The van der Waals surface area contributed by atoms with Gasteiger partial charge in [0.05, 0.1) is 16.5 Å². The minimum absolute atomic E-state index is 0.326. The maximum absolute atomic E-state index is 8.59. The molecule has 0 atom stereocenters. The Balaban J connectivity index is 3.13. The minimum atomic E-state index is 0.326. The van der Waals surface area contributed by atoms with Crippen LogP contribution in [0.3, 0.4) is 0 Å². The highest BCUT2D eigenvalue weighted by atomic mass is 79.9. The van der Waals surface area contributed by atoms with E-state index in [2.05, 4.69) is 32.8 Å². The molecule has 0 unspecified atom stereocenters. The van der Waals surface area contributed by atoms with E-state index in [1.807, 2.05) is 6.07 Å². The molecule has 0 N–H and O–H groups in total. The third-order valence-electron chi connectivity index (χ3n) is 1.26. The van der Waals surface area contributed by atoms with Crippen molar-refractivity contribution in [2.75, 3.05) is 5.33 Å². The second-order valence-electron chi connectivity index (χ2n) is 2.11. The third kappa shape index (κ3) is 2.73. The van der Waals surface area contributed by atoms with Crippen LogP contribution in [0.5, 0.6) is 0 Å². The van der Waals surface area contributed by atoms with E-state index in [1.54, 1.807) is 6.07 Å². The van der Waals surface area contributed by atoms with Crippen LogP contribution in [0.15, 0.2) is 12.3 Å².